The number of carboxylic acid groups (broad SMARTS) is 2. The molecule has 348 valence electrons. The molecule has 2 aromatic carbocycles. The third-order valence-electron chi connectivity index (χ3n) is 12.8. The van der Waals surface area contributed by atoms with Gasteiger partial charge in [-0.15, -0.1) is 0 Å². The van der Waals surface area contributed by atoms with Gasteiger partial charge < -0.3 is 30.9 Å². The predicted octanol–water partition coefficient (Wildman–Crippen LogP) is 10.4. The van der Waals surface area contributed by atoms with Crippen LogP contribution in [-0.4, -0.2) is 59.3 Å². The van der Waals surface area contributed by atoms with E-state index in [1.165, 1.54) is 88.8 Å². The van der Waals surface area contributed by atoms with Gasteiger partial charge in [-0.3, -0.25) is 19.2 Å². The third-order valence-corrected chi connectivity index (χ3v) is 12.8. The van der Waals surface area contributed by atoms with Crippen LogP contribution in [0.5, 0.6) is 0 Å². The fraction of sp³-hybridized carbons (Fsp3) is 0.680. The van der Waals surface area contributed by atoms with Crippen molar-refractivity contribution >= 4 is 23.8 Å². The van der Waals surface area contributed by atoms with Crippen LogP contribution in [0.25, 0.3) is 0 Å². The zero-order valence-electron chi connectivity index (χ0n) is 38.4. The number of carbonyl (C=O) groups excluding carboxylic acids is 2. The molecule has 2 aliphatic rings. The highest BCUT2D eigenvalue weighted by Crippen LogP contribution is 2.41. The first-order valence-corrected chi connectivity index (χ1v) is 23.6. The molecule has 2 saturated carbocycles. The van der Waals surface area contributed by atoms with Gasteiger partial charge in [0.1, 0.15) is 5.41 Å². The highest BCUT2D eigenvalue weighted by atomic mass is 19.2. The molecule has 62 heavy (non-hydrogen) atoms. The van der Waals surface area contributed by atoms with E-state index in [0.717, 1.165) is 25.7 Å². The Hall–Kier alpha value is -3.90. The molecule has 0 spiro atoms. The van der Waals surface area contributed by atoms with Gasteiger partial charge in [0.2, 0.25) is 5.91 Å². The van der Waals surface area contributed by atoms with Crippen LogP contribution in [0.4, 0.5) is 8.78 Å². The van der Waals surface area contributed by atoms with Crippen LogP contribution in [0.15, 0.2) is 36.4 Å². The molecule has 2 aliphatic carbocycles. The number of aryl methyl sites for hydroxylation is 2. The fourth-order valence-corrected chi connectivity index (χ4v) is 8.83. The molecule has 0 saturated heterocycles. The van der Waals surface area contributed by atoms with Gasteiger partial charge in [0.05, 0.1) is 6.10 Å². The Morgan fingerprint density at radius 2 is 1.10 bits per heavy atom. The molecule has 4 unspecified atom stereocenters. The average Bonchev–Trinajstić information content (AvgIpc) is 3.91. The van der Waals surface area contributed by atoms with Gasteiger partial charge in [-0.05, 0) is 94.7 Å². The SMILES string of the molecule is CCCCCCCCCc1ccc(CNC2CCC(C(=O)O)(C(=O)NC)C2)c(F)c1F.CCCCCCCCCc1ccc(CNC2CCC(C(=O)O)(C(=O)OC(C)C)C2)cc1. The number of ether oxygens (including phenoxy) is 1. The largest absolute Gasteiger partial charge is 0.480 e. The molecule has 0 aliphatic heterocycles. The summed E-state index contributed by atoms with van der Waals surface area (Å²) in [4.78, 5) is 48.0. The van der Waals surface area contributed by atoms with Crippen LogP contribution in [0.2, 0.25) is 0 Å². The molecule has 4 atom stereocenters. The Morgan fingerprint density at radius 3 is 1.63 bits per heavy atom. The van der Waals surface area contributed by atoms with Crippen molar-refractivity contribution in [3.05, 3.63) is 70.3 Å². The van der Waals surface area contributed by atoms with Gasteiger partial charge in [0.25, 0.3) is 0 Å². The second kappa shape index (κ2) is 27.3. The van der Waals surface area contributed by atoms with Crippen LogP contribution in [0.1, 0.15) is 178 Å². The molecule has 0 aromatic heterocycles. The summed E-state index contributed by atoms with van der Waals surface area (Å²) in [6.07, 6.45) is 20.6. The van der Waals surface area contributed by atoms with Gasteiger partial charge in [0, 0.05) is 37.8 Å². The van der Waals surface area contributed by atoms with Crippen molar-refractivity contribution in [3.63, 3.8) is 0 Å². The molecule has 0 bridgehead atoms. The summed E-state index contributed by atoms with van der Waals surface area (Å²) in [5.74, 6) is -4.98. The Labute approximate surface area is 370 Å². The van der Waals surface area contributed by atoms with E-state index in [4.69, 9.17) is 4.74 Å². The molecular weight excluding hydrogens is 793 g/mol. The van der Waals surface area contributed by atoms with E-state index in [9.17, 15) is 38.2 Å². The van der Waals surface area contributed by atoms with Gasteiger partial charge >= 0.3 is 17.9 Å². The molecule has 5 N–H and O–H groups in total. The summed E-state index contributed by atoms with van der Waals surface area (Å²) in [6, 6.07) is 11.7. The number of carbonyl (C=O) groups is 4. The molecule has 2 aromatic rings. The lowest BCUT2D eigenvalue weighted by Crippen LogP contribution is -2.44. The molecule has 1 amide bonds. The number of benzene rings is 2. The zero-order chi connectivity index (χ0) is 45.5. The number of unbranched alkanes of at least 4 members (excludes halogenated alkanes) is 12. The summed E-state index contributed by atoms with van der Waals surface area (Å²) in [6.45, 7) is 8.69. The Balaban J connectivity index is 0.000000330. The van der Waals surface area contributed by atoms with Crippen molar-refractivity contribution in [1.82, 2.24) is 16.0 Å². The zero-order valence-corrected chi connectivity index (χ0v) is 38.4. The van der Waals surface area contributed by atoms with E-state index in [1.807, 2.05) is 0 Å². The molecular formula is C50H77F2N3O7. The topological polar surface area (TPSA) is 154 Å². The van der Waals surface area contributed by atoms with Crippen molar-refractivity contribution in [3.8, 4) is 0 Å². The number of halogens is 2. The number of amides is 1. The van der Waals surface area contributed by atoms with Crippen molar-refractivity contribution in [2.24, 2.45) is 10.8 Å². The van der Waals surface area contributed by atoms with Crippen LogP contribution in [0.3, 0.4) is 0 Å². The quantitative estimate of drug-likeness (QED) is 0.0335. The highest BCUT2D eigenvalue weighted by Gasteiger charge is 2.53. The van der Waals surface area contributed by atoms with Crippen LogP contribution in [-0.2, 0) is 49.8 Å². The lowest BCUT2D eigenvalue weighted by atomic mass is 9.85. The number of rotatable bonds is 27. The van der Waals surface area contributed by atoms with Gasteiger partial charge in [0.15, 0.2) is 17.0 Å². The summed E-state index contributed by atoms with van der Waals surface area (Å²) < 4.78 is 34.3. The lowest BCUT2D eigenvalue weighted by Gasteiger charge is -2.24. The van der Waals surface area contributed by atoms with E-state index in [0.29, 0.717) is 37.8 Å². The maximum Gasteiger partial charge on any atom is 0.323 e. The number of nitrogens with one attached hydrogen (secondary N) is 3. The van der Waals surface area contributed by atoms with E-state index in [1.54, 1.807) is 26.0 Å². The van der Waals surface area contributed by atoms with Crippen molar-refractivity contribution in [1.29, 1.82) is 0 Å². The smallest absolute Gasteiger partial charge is 0.323 e. The van der Waals surface area contributed by atoms with Crippen LogP contribution < -0.4 is 16.0 Å². The van der Waals surface area contributed by atoms with Gasteiger partial charge in [-0.2, -0.15) is 0 Å². The van der Waals surface area contributed by atoms with Gasteiger partial charge in [-0.1, -0.05) is 127 Å². The predicted molar refractivity (Wildman–Crippen MR) is 241 cm³/mol. The number of hydrogen-bond donors (Lipinski definition) is 5. The average molecular weight is 870 g/mol. The van der Waals surface area contributed by atoms with E-state index in [-0.39, 0.29) is 49.6 Å². The minimum atomic E-state index is -1.46. The van der Waals surface area contributed by atoms with Crippen molar-refractivity contribution in [2.45, 2.75) is 200 Å². The summed E-state index contributed by atoms with van der Waals surface area (Å²) >= 11 is 0. The second-order valence-corrected chi connectivity index (χ2v) is 18.0. The molecule has 4 rings (SSSR count). The third kappa shape index (κ3) is 16.0. The number of carboxylic acids is 2. The van der Waals surface area contributed by atoms with Crippen molar-refractivity contribution < 1.29 is 42.9 Å². The normalized spacial score (nSPS) is 20.8. The molecule has 0 heterocycles. The fourth-order valence-electron chi connectivity index (χ4n) is 8.83. The first kappa shape index (κ1) is 52.4. The molecule has 12 heteroatoms. The summed E-state index contributed by atoms with van der Waals surface area (Å²) in [5.41, 5.74) is 0.299. The summed E-state index contributed by atoms with van der Waals surface area (Å²) in [7, 11) is 1.42. The molecule has 2 fully saturated rings. The molecule has 0 radical (unpaired) electrons. The highest BCUT2D eigenvalue weighted by molar-refractivity contribution is 6.02. The minimum absolute atomic E-state index is 0.00296. The lowest BCUT2D eigenvalue weighted by molar-refractivity contribution is -0.171. The number of esters is 1. The Bertz CT molecular complexity index is 1690. The number of hydrogen-bond acceptors (Lipinski definition) is 7. The van der Waals surface area contributed by atoms with Crippen LogP contribution in [0, 0.1) is 22.5 Å². The van der Waals surface area contributed by atoms with Crippen LogP contribution >= 0.6 is 0 Å². The molecule has 10 nitrogen and oxygen atoms in total. The maximum absolute atomic E-state index is 14.5. The van der Waals surface area contributed by atoms with E-state index < -0.39 is 46.3 Å². The number of aliphatic carboxylic acids is 2. The second-order valence-electron chi connectivity index (χ2n) is 18.0. The van der Waals surface area contributed by atoms with Crippen molar-refractivity contribution in [2.75, 3.05) is 7.05 Å². The minimum Gasteiger partial charge on any atom is -0.480 e. The Kier molecular flexibility index (Phi) is 23.1. The monoisotopic (exact) mass is 870 g/mol. The standard InChI is InChI=1S/C26H41NO4.C24H36F2N2O3/c1-4-5-6-7-8-9-10-11-21-12-14-22(15-13-21)19-27-23-16-17-26(18-23,24(28)29)25(30)31-20(2)3;1-3-4-5-6-7-8-9-10-17-11-12-18(21(26)20(17)25)16-28-19-13-14-24(15-19,23(30)31)22(29)27-2/h12-15,20,23,27H,4-11,16-19H2,1-3H3,(H,28,29);11-12,19,28H,3-10,13-16H2,1-2H3,(H,27,29)(H,30,31). The first-order valence-electron chi connectivity index (χ1n) is 23.6. The van der Waals surface area contributed by atoms with E-state index >= 15 is 0 Å². The maximum atomic E-state index is 14.5. The Morgan fingerprint density at radius 1 is 0.645 bits per heavy atom. The first-order chi connectivity index (χ1) is 29.7. The van der Waals surface area contributed by atoms with Gasteiger partial charge in [-0.25, -0.2) is 8.78 Å². The summed E-state index contributed by atoms with van der Waals surface area (Å²) in [5, 5.41) is 28.2. The van der Waals surface area contributed by atoms with E-state index in [2.05, 4.69) is 54.1 Å².